The van der Waals surface area contributed by atoms with Gasteiger partial charge in [0.2, 0.25) is 0 Å². The van der Waals surface area contributed by atoms with Gasteiger partial charge in [0.05, 0.1) is 5.56 Å². The van der Waals surface area contributed by atoms with Crippen molar-refractivity contribution < 1.29 is 4.79 Å². The van der Waals surface area contributed by atoms with Crippen molar-refractivity contribution in [3.05, 3.63) is 47.5 Å². The van der Waals surface area contributed by atoms with Crippen LogP contribution < -0.4 is 5.32 Å². The highest BCUT2D eigenvalue weighted by Crippen LogP contribution is 2.31. The average Bonchev–Trinajstić information content (AvgIpc) is 2.61. The Hall–Kier alpha value is -1.87. The molecule has 0 fully saturated rings. The molecule has 2 rings (SSSR count). The maximum atomic E-state index is 13.7. The van der Waals surface area contributed by atoms with E-state index in [-0.39, 0.29) is 24.0 Å². The number of hydrogen-bond acceptors (Lipinski definition) is 2. The normalized spacial score (nSPS) is 12.8. The van der Waals surface area contributed by atoms with Crippen LogP contribution in [0, 0.1) is 0 Å². The van der Waals surface area contributed by atoms with Crippen LogP contribution in [-0.2, 0) is 0 Å². The quantitative estimate of drug-likeness (QED) is 0.674. The van der Waals surface area contributed by atoms with Gasteiger partial charge in [0, 0.05) is 18.1 Å². The van der Waals surface area contributed by atoms with Gasteiger partial charge in [0.1, 0.15) is 0 Å². The highest BCUT2D eigenvalue weighted by Gasteiger charge is 2.27. The topological polar surface area (TPSA) is 32.3 Å². The summed E-state index contributed by atoms with van der Waals surface area (Å²) in [6, 6.07) is 13.0. The smallest absolute Gasteiger partial charge is 0.255 e. The minimum atomic E-state index is 0.138. The summed E-state index contributed by atoms with van der Waals surface area (Å²) in [5, 5.41) is 5.62. The SMILES string of the molecule is CCCCC(NC)c1ccc2ccccc2c1C(=O)N(C(C)C)C(C)C. The van der Waals surface area contributed by atoms with Crippen molar-refractivity contribution in [2.45, 2.75) is 72.0 Å². The molecular weight excluding hydrogens is 320 g/mol. The first kappa shape index (κ1) is 20.4. The minimum absolute atomic E-state index is 0.138. The van der Waals surface area contributed by atoms with Gasteiger partial charge < -0.3 is 10.2 Å². The van der Waals surface area contributed by atoms with Crippen LogP contribution >= 0.6 is 0 Å². The molecule has 0 saturated carbocycles. The number of carbonyl (C=O) groups is 1. The number of unbranched alkanes of at least 4 members (excludes halogenated alkanes) is 1. The van der Waals surface area contributed by atoms with Gasteiger partial charge in [0.25, 0.3) is 5.91 Å². The van der Waals surface area contributed by atoms with Crippen LogP contribution in [0.5, 0.6) is 0 Å². The van der Waals surface area contributed by atoms with Gasteiger partial charge in [-0.3, -0.25) is 4.79 Å². The molecule has 2 aromatic carbocycles. The summed E-state index contributed by atoms with van der Waals surface area (Å²) in [6.07, 6.45) is 3.33. The van der Waals surface area contributed by atoms with E-state index in [1.165, 1.54) is 0 Å². The number of nitrogens with zero attached hydrogens (tertiary/aromatic N) is 1. The molecule has 26 heavy (non-hydrogen) atoms. The fourth-order valence-corrected chi connectivity index (χ4v) is 3.88. The largest absolute Gasteiger partial charge is 0.334 e. The van der Waals surface area contributed by atoms with E-state index < -0.39 is 0 Å². The molecule has 0 bridgehead atoms. The summed E-state index contributed by atoms with van der Waals surface area (Å²) >= 11 is 0. The van der Waals surface area contributed by atoms with Crippen LogP contribution in [0.2, 0.25) is 0 Å². The first-order chi connectivity index (χ1) is 12.4. The Labute approximate surface area is 158 Å². The molecule has 0 aliphatic carbocycles. The zero-order valence-corrected chi connectivity index (χ0v) is 17.2. The van der Waals surface area contributed by atoms with Gasteiger partial charge in [-0.15, -0.1) is 0 Å². The molecule has 0 heterocycles. The van der Waals surface area contributed by atoms with E-state index in [0.29, 0.717) is 0 Å². The van der Waals surface area contributed by atoms with Crippen LogP contribution in [0.25, 0.3) is 10.8 Å². The van der Waals surface area contributed by atoms with E-state index in [9.17, 15) is 4.79 Å². The number of nitrogens with one attached hydrogen (secondary N) is 1. The molecule has 0 radical (unpaired) electrons. The van der Waals surface area contributed by atoms with Crippen molar-refractivity contribution >= 4 is 16.7 Å². The molecule has 0 aromatic heterocycles. The lowest BCUT2D eigenvalue weighted by Crippen LogP contribution is -2.42. The Morgan fingerprint density at radius 3 is 2.27 bits per heavy atom. The summed E-state index contributed by atoms with van der Waals surface area (Å²) in [4.78, 5) is 15.7. The first-order valence-corrected chi connectivity index (χ1v) is 9.93. The molecule has 0 spiro atoms. The summed E-state index contributed by atoms with van der Waals surface area (Å²) in [6.45, 7) is 10.6. The van der Waals surface area contributed by atoms with Crippen molar-refractivity contribution in [2.24, 2.45) is 0 Å². The summed E-state index contributed by atoms with van der Waals surface area (Å²) in [5.74, 6) is 0.138. The minimum Gasteiger partial charge on any atom is -0.334 e. The van der Waals surface area contributed by atoms with E-state index in [4.69, 9.17) is 0 Å². The standard InChI is InChI=1S/C23H34N2O/c1-7-8-13-21(24-6)20-15-14-18-11-9-10-12-19(18)22(20)23(26)25(16(2)3)17(4)5/h9-12,14-17,21,24H,7-8,13H2,1-6H3. The van der Waals surface area contributed by atoms with Crippen molar-refractivity contribution in [2.75, 3.05) is 7.05 Å². The van der Waals surface area contributed by atoms with E-state index in [2.05, 4.69) is 64.2 Å². The third kappa shape index (κ3) is 4.27. The van der Waals surface area contributed by atoms with Gasteiger partial charge in [-0.1, -0.05) is 56.2 Å². The van der Waals surface area contributed by atoms with Crippen LogP contribution in [0.4, 0.5) is 0 Å². The van der Waals surface area contributed by atoms with Gasteiger partial charge in [-0.2, -0.15) is 0 Å². The fourth-order valence-electron chi connectivity index (χ4n) is 3.88. The van der Waals surface area contributed by atoms with Crippen LogP contribution in [0.1, 0.15) is 75.8 Å². The van der Waals surface area contributed by atoms with Crippen molar-refractivity contribution in [3.63, 3.8) is 0 Å². The maximum absolute atomic E-state index is 13.7. The Bertz CT molecular complexity index is 728. The predicted molar refractivity (Wildman–Crippen MR) is 112 cm³/mol. The van der Waals surface area contributed by atoms with E-state index in [0.717, 1.165) is 41.2 Å². The Morgan fingerprint density at radius 2 is 1.69 bits per heavy atom. The lowest BCUT2D eigenvalue weighted by molar-refractivity contribution is 0.0644. The van der Waals surface area contributed by atoms with Crippen LogP contribution in [0.3, 0.4) is 0 Å². The monoisotopic (exact) mass is 354 g/mol. The van der Waals surface area contributed by atoms with Gasteiger partial charge in [0.15, 0.2) is 0 Å². The van der Waals surface area contributed by atoms with E-state index in [1.54, 1.807) is 0 Å². The summed E-state index contributed by atoms with van der Waals surface area (Å²) in [5.41, 5.74) is 1.98. The number of fused-ring (bicyclic) bond motifs is 1. The second-order valence-electron chi connectivity index (χ2n) is 7.63. The Morgan fingerprint density at radius 1 is 1.04 bits per heavy atom. The third-order valence-electron chi connectivity index (χ3n) is 5.09. The van der Waals surface area contributed by atoms with Gasteiger partial charge >= 0.3 is 0 Å². The predicted octanol–water partition coefficient (Wildman–Crippen LogP) is 5.55. The number of carbonyl (C=O) groups excluding carboxylic acids is 1. The molecule has 3 nitrogen and oxygen atoms in total. The highest BCUT2D eigenvalue weighted by molar-refractivity contribution is 6.08. The van der Waals surface area contributed by atoms with Crippen LogP contribution in [0.15, 0.2) is 36.4 Å². The molecule has 142 valence electrons. The molecule has 2 aromatic rings. The second-order valence-corrected chi connectivity index (χ2v) is 7.63. The van der Waals surface area contributed by atoms with E-state index >= 15 is 0 Å². The highest BCUT2D eigenvalue weighted by atomic mass is 16.2. The van der Waals surface area contributed by atoms with E-state index in [1.807, 2.05) is 24.1 Å². The average molecular weight is 355 g/mol. The van der Waals surface area contributed by atoms with Crippen molar-refractivity contribution in [1.29, 1.82) is 0 Å². The molecule has 0 aliphatic rings. The lowest BCUT2D eigenvalue weighted by Gasteiger charge is -2.33. The molecule has 3 heteroatoms. The summed E-state index contributed by atoms with van der Waals surface area (Å²) < 4.78 is 0. The molecule has 0 aliphatic heterocycles. The molecule has 1 amide bonds. The second kappa shape index (κ2) is 9.18. The number of rotatable bonds is 8. The number of hydrogen-bond donors (Lipinski definition) is 1. The maximum Gasteiger partial charge on any atom is 0.255 e. The number of benzene rings is 2. The zero-order chi connectivity index (χ0) is 19.3. The van der Waals surface area contributed by atoms with Crippen molar-refractivity contribution in [3.8, 4) is 0 Å². The Kier molecular flexibility index (Phi) is 7.22. The Balaban J connectivity index is 2.66. The fraction of sp³-hybridized carbons (Fsp3) is 0.522. The molecule has 0 saturated heterocycles. The molecular formula is C23H34N2O. The molecule has 1 N–H and O–H groups in total. The molecule has 1 atom stereocenters. The van der Waals surface area contributed by atoms with Crippen LogP contribution in [-0.4, -0.2) is 29.9 Å². The third-order valence-corrected chi connectivity index (χ3v) is 5.09. The summed E-state index contributed by atoms with van der Waals surface area (Å²) in [7, 11) is 1.99. The zero-order valence-electron chi connectivity index (χ0n) is 17.2. The first-order valence-electron chi connectivity index (χ1n) is 9.93. The van der Waals surface area contributed by atoms with Crippen molar-refractivity contribution in [1.82, 2.24) is 10.2 Å². The van der Waals surface area contributed by atoms with Gasteiger partial charge in [-0.05, 0) is 57.5 Å². The van der Waals surface area contributed by atoms with Gasteiger partial charge in [-0.25, -0.2) is 0 Å². The number of amides is 1. The molecule has 1 unspecified atom stereocenters. The lowest BCUT2D eigenvalue weighted by atomic mass is 9.90.